The van der Waals surface area contributed by atoms with Crippen molar-refractivity contribution in [2.75, 3.05) is 13.2 Å². The van der Waals surface area contributed by atoms with Gasteiger partial charge in [-0.05, 0) is 25.7 Å². The molecule has 0 amide bonds. The maximum Gasteiger partial charge on any atom is 0.0798 e. The number of aliphatic hydroxyl groups excluding tert-OH is 1. The van der Waals surface area contributed by atoms with Crippen LogP contribution >= 0.6 is 11.3 Å². The van der Waals surface area contributed by atoms with Crippen molar-refractivity contribution in [3.05, 3.63) is 16.1 Å². The van der Waals surface area contributed by atoms with Crippen molar-refractivity contribution >= 4 is 11.3 Å². The molecule has 0 aliphatic heterocycles. The van der Waals surface area contributed by atoms with Gasteiger partial charge < -0.3 is 10.4 Å². The molecule has 0 fully saturated rings. The average molecular weight is 242 g/mol. The molecule has 2 N–H and O–H groups in total. The summed E-state index contributed by atoms with van der Waals surface area (Å²) < 4.78 is 0. The monoisotopic (exact) mass is 242 g/mol. The Morgan fingerprint density at radius 2 is 2.25 bits per heavy atom. The maximum absolute atomic E-state index is 8.96. The Hall–Kier alpha value is -0.450. The molecule has 3 nitrogen and oxygen atoms in total. The van der Waals surface area contributed by atoms with Gasteiger partial charge in [-0.1, -0.05) is 13.8 Å². The van der Waals surface area contributed by atoms with Crippen LogP contribution in [0.15, 0.2) is 5.51 Å². The van der Waals surface area contributed by atoms with Crippen molar-refractivity contribution in [3.63, 3.8) is 0 Å². The lowest BCUT2D eigenvalue weighted by atomic mass is 9.89. The van der Waals surface area contributed by atoms with Gasteiger partial charge in [-0.2, -0.15) is 0 Å². The van der Waals surface area contributed by atoms with Gasteiger partial charge in [0, 0.05) is 24.1 Å². The fourth-order valence-electron chi connectivity index (χ4n) is 1.64. The van der Waals surface area contributed by atoms with Crippen molar-refractivity contribution in [1.29, 1.82) is 0 Å². The van der Waals surface area contributed by atoms with Gasteiger partial charge in [0.1, 0.15) is 0 Å². The second-order valence-electron chi connectivity index (χ2n) is 5.04. The number of nitrogens with one attached hydrogen (secondary N) is 1. The summed E-state index contributed by atoms with van der Waals surface area (Å²) in [6, 6.07) is 0.338. The summed E-state index contributed by atoms with van der Waals surface area (Å²) in [4.78, 5) is 5.56. The second kappa shape index (κ2) is 5.75. The molecule has 0 saturated carbocycles. The van der Waals surface area contributed by atoms with Crippen LogP contribution in [-0.2, 0) is 0 Å². The van der Waals surface area contributed by atoms with E-state index < -0.39 is 0 Å². The first-order chi connectivity index (χ1) is 7.46. The van der Waals surface area contributed by atoms with Crippen LogP contribution in [0.1, 0.15) is 43.8 Å². The van der Waals surface area contributed by atoms with Gasteiger partial charge >= 0.3 is 0 Å². The number of hydrogen-bond acceptors (Lipinski definition) is 4. The summed E-state index contributed by atoms with van der Waals surface area (Å²) in [6.45, 7) is 9.71. The van der Waals surface area contributed by atoms with Crippen LogP contribution in [0.4, 0.5) is 0 Å². The number of thiazole rings is 1. The molecule has 0 aromatic carbocycles. The minimum absolute atomic E-state index is 0.140. The number of aryl methyl sites for hydroxylation is 1. The normalized spacial score (nSPS) is 14.1. The molecule has 1 aromatic rings. The lowest BCUT2D eigenvalue weighted by molar-refractivity contribution is 0.204. The molecular weight excluding hydrogens is 220 g/mol. The van der Waals surface area contributed by atoms with Gasteiger partial charge in [0.2, 0.25) is 0 Å². The second-order valence-corrected chi connectivity index (χ2v) is 5.93. The molecule has 0 aliphatic carbocycles. The quantitative estimate of drug-likeness (QED) is 0.805. The Bertz CT molecular complexity index is 323. The van der Waals surface area contributed by atoms with Gasteiger partial charge in [-0.3, -0.25) is 0 Å². The molecule has 16 heavy (non-hydrogen) atoms. The molecule has 1 heterocycles. The Labute approximate surface area is 102 Å². The Morgan fingerprint density at radius 3 is 2.75 bits per heavy atom. The summed E-state index contributed by atoms with van der Waals surface area (Å²) in [5.41, 5.74) is 3.15. The molecule has 1 rings (SSSR count). The van der Waals surface area contributed by atoms with Gasteiger partial charge in [0.05, 0.1) is 11.2 Å². The van der Waals surface area contributed by atoms with Gasteiger partial charge in [-0.25, -0.2) is 4.98 Å². The van der Waals surface area contributed by atoms with E-state index in [-0.39, 0.29) is 12.0 Å². The highest BCUT2D eigenvalue weighted by Gasteiger charge is 2.19. The van der Waals surface area contributed by atoms with Crippen molar-refractivity contribution in [1.82, 2.24) is 10.3 Å². The number of hydrogen-bond donors (Lipinski definition) is 2. The average Bonchev–Trinajstić information content (AvgIpc) is 2.61. The zero-order valence-electron chi connectivity index (χ0n) is 10.6. The van der Waals surface area contributed by atoms with E-state index >= 15 is 0 Å². The zero-order valence-corrected chi connectivity index (χ0v) is 11.4. The number of aromatic nitrogens is 1. The van der Waals surface area contributed by atoms with E-state index in [0.29, 0.717) is 6.04 Å². The predicted molar refractivity (Wildman–Crippen MR) is 68.8 cm³/mol. The van der Waals surface area contributed by atoms with E-state index in [9.17, 15) is 0 Å². The van der Waals surface area contributed by atoms with Crippen LogP contribution < -0.4 is 5.32 Å². The first-order valence-corrected chi connectivity index (χ1v) is 6.58. The lowest BCUT2D eigenvalue weighted by Gasteiger charge is -2.26. The smallest absolute Gasteiger partial charge is 0.0798 e. The SMILES string of the molecule is Cc1ncsc1C(C)NCC(C)(C)CCO. The molecule has 1 aromatic heterocycles. The van der Waals surface area contributed by atoms with Crippen LogP contribution in [-0.4, -0.2) is 23.2 Å². The summed E-state index contributed by atoms with van der Waals surface area (Å²) in [7, 11) is 0. The highest BCUT2D eigenvalue weighted by Crippen LogP contribution is 2.24. The van der Waals surface area contributed by atoms with Crippen molar-refractivity contribution in [2.45, 2.75) is 40.2 Å². The largest absolute Gasteiger partial charge is 0.396 e. The third kappa shape index (κ3) is 3.85. The molecule has 1 unspecified atom stereocenters. The molecule has 0 radical (unpaired) electrons. The van der Waals surface area contributed by atoms with E-state index in [1.165, 1.54) is 4.88 Å². The highest BCUT2D eigenvalue weighted by molar-refractivity contribution is 7.09. The molecule has 0 saturated heterocycles. The summed E-state index contributed by atoms with van der Waals surface area (Å²) >= 11 is 1.70. The van der Waals surface area contributed by atoms with Crippen molar-refractivity contribution in [3.8, 4) is 0 Å². The van der Waals surface area contributed by atoms with Crippen LogP contribution in [0.5, 0.6) is 0 Å². The minimum Gasteiger partial charge on any atom is -0.396 e. The highest BCUT2D eigenvalue weighted by atomic mass is 32.1. The van der Waals surface area contributed by atoms with E-state index in [4.69, 9.17) is 5.11 Å². The molecular formula is C12H22N2OS. The minimum atomic E-state index is 0.140. The summed E-state index contributed by atoms with van der Waals surface area (Å²) in [5.74, 6) is 0. The molecule has 0 aliphatic rings. The summed E-state index contributed by atoms with van der Waals surface area (Å²) in [5, 5.41) is 12.5. The third-order valence-electron chi connectivity index (χ3n) is 2.85. The number of aliphatic hydroxyl groups is 1. The number of rotatable bonds is 6. The lowest BCUT2D eigenvalue weighted by Crippen LogP contribution is -2.32. The zero-order chi connectivity index (χ0) is 12.2. The van der Waals surface area contributed by atoms with E-state index in [0.717, 1.165) is 18.7 Å². The van der Waals surface area contributed by atoms with E-state index in [1.54, 1.807) is 11.3 Å². The topological polar surface area (TPSA) is 45.2 Å². The Morgan fingerprint density at radius 1 is 1.56 bits per heavy atom. The fraction of sp³-hybridized carbons (Fsp3) is 0.750. The first-order valence-electron chi connectivity index (χ1n) is 5.70. The molecule has 0 bridgehead atoms. The van der Waals surface area contributed by atoms with Crippen molar-refractivity contribution < 1.29 is 5.11 Å². The molecule has 4 heteroatoms. The third-order valence-corrected chi connectivity index (χ3v) is 3.97. The molecule has 1 atom stereocenters. The van der Waals surface area contributed by atoms with Gasteiger partial charge in [-0.15, -0.1) is 11.3 Å². The fourth-order valence-corrected chi connectivity index (χ4v) is 2.47. The Kier molecular flexibility index (Phi) is 4.89. The van der Waals surface area contributed by atoms with Gasteiger partial charge in [0.25, 0.3) is 0 Å². The Balaban J connectivity index is 2.47. The van der Waals surface area contributed by atoms with Crippen LogP contribution in [0.3, 0.4) is 0 Å². The molecule has 92 valence electrons. The standard InChI is InChI=1S/C12H22N2OS/c1-9(11-10(2)14-8-16-11)13-7-12(3,4)5-6-15/h8-9,13,15H,5-7H2,1-4H3. The maximum atomic E-state index is 8.96. The van der Waals surface area contributed by atoms with Crippen LogP contribution in [0.25, 0.3) is 0 Å². The number of nitrogens with zero attached hydrogens (tertiary/aromatic N) is 1. The first kappa shape index (κ1) is 13.6. The molecule has 0 spiro atoms. The van der Waals surface area contributed by atoms with Crippen molar-refractivity contribution in [2.24, 2.45) is 5.41 Å². The van der Waals surface area contributed by atoms with Crippen LogP contribution in [0, 0.1) is 12.3 Å². The van der Waals surface area contributed by atoms with E-state index in [1.807, 2.05) is 12.4 Å². The summed E-state index contributed by atoms with van der Waals surface area (Å²) in [6.07, 6.45) is 0.828. The van der Waals surface area contributed by atoms with Gasteiger partial charge in [0.15, 0.2) is 0 Å². The van der Waals surface area contributed by atoms with Crippen LogP contribution in [0.2, 0.25) is 0 Å². The predicted octanol–water partition coefficient (Wildman–Crippen LogP) is 2.51. The van der Waals surface area contributed by atoms with E-state index in [2.05, 4.69) is 31.1 Å².